The topological polar surface area (TPSA) is 0 Å². The summed E-state index contributed by atoms with van der Waals surface area (Å²) in [5.74, 6) is 0. The van der Waals surface area contributed by atoms with Crippen molar-refractivity contribution >= 4 is 75.4 Å². The average Bonchev–Trinajstić information content (AvgIpc) is 3.44. The average molecular weight is 887 g/mol. The molecule has 0 aliphatic carbocycles. The Balaban J connectivity index is 0.000000137. The number of hydrogen-bond donors (Lipinski definition) is 0. The molecule has 0 bridgehead atoms. The third-order valence-electron chi connectivity index (χ3n) is 14.3. The van der Waals surface area contributed by atoms with Crippen molar-refractivity contribution in [1.29, 1.82) is 0 Å². The van der Waals surface area contributed by atoms with E-state index in [4.69, 9.17) is 0 Å². The van der Waals surface area contributed by atoms with Gasteiger partial charge in [-0.1, -0.05) is 267 Å². The predicted molar refractivity (Wildman–Crippen MR) is 303 cm³/mol. The van der Waals surface area contributed by atoms with E-state index in [1.54, 1.807) is 0 Å². The highest BCUT2D eigenvalue weighted by molar-refractivity contribution is 6.24. The molecule has 0 amide bonds. The summed E-state index contributed by atoms with van der Waals surface area (Å²) in [4.78, 5) is 0. The van der Waals surface area contributed by atoms with Crippen LogP contribution in [0.4, 0.5) is 0 Å². The van der Waals surface area contributed by atoms with E-state index in [0.717, 1.165) is 0 Å². The van der Waals surface area contributed by atoms with Gasteiger partial charge in [0, 0.05) is 0 Å². The van der Waals surface area contributed by atoms with Gasteiger partial charge in [0.25, 0.3) is 0 Å². The second-order valence-corrected chi connectivity index (χ2v) is 18.3. The smallest absolute Gasteiger partial charge is 0.00201 e. The summed E-state index contributed by atoms with van der Waals surface area (Å²) < 4.78 is 0. The first kappa shape index (κ1) is 41.1. The Kier molecular flexibility index (Phi) is 10.3. The van der Waals surface area contributed by atoms with Crippen LogP contribution in [-0.2, 0) is 0 Å². The maximum absolute atomic E-state index is 2.33. The summed E-state index contributed by atoms with van der Waals surface area (Å²) in [5, 5.41) is 18.0. The largest absolute Gasteiger partial charge is 0.0622 e. The highest BCUT2D eigenvalue weighted by atomic mass is 14.2. The van der Waals surface area contributed by atoms with E-state index in [0.29, 0.717) is 0 Å². The van der Waals surface area contributed by atoms with Crippen LogP contribution in [0.25, 0.3) is 131 Å². The van der Waals surface area contributed by atoms with Crippen molar-refractivity contribution in [1.82, 2.24) is 0 Å². The second kappa shape index (κ2) is 17.5. The van der Waals surface area contributed by atoms with Crippen molar-refractivity contribution < 1.29 is 0 Å². The van der Waals surface area contributed by atoms with Gasteiger partial charge < -0.3 is 0 Å². The lowest BCUT2D eigenvalue weighted by Gasteiger charge is -2.19. The van der Waals surface area contributed by atoms with E-state index < -0.39 is 0 Å². The number of benzene rings is 14. The molecule has 326 valence electrons. The molecule has 0 nitrogen and oxygen atoms in total. The van der Waals surface area contributed by atoms with Crippen molar-refractivity contribution in [3.05, 3.63) is 279 Å². The molecular weight excluding hydrogens is 841 g/mol. The van der Waals surface area contributed by atoms with E-state index in [9.17, 15) is 0 Å². The summed E-state index contributed by atoms with van der Waals surface area (Å²) >= 11 is 0. The Labute approximate surface area is 408 Å². The molecule has 0 aliphatic heterocycles. The molecule has 0 spiro atoms. The summed E-state index contributed by atoms with van der Waals surface area (Å²) in [6.45, 7) is 0. The minimum absolute atomic E-state index is 1.24. The van der Waals surface area contributed by atoms with Crippen molar-refractivity contribution in [2.45, 2.75) is 0 Å². The molecule has 70 heavy (non-hydrogen) atoms. The summed E-state index contributed by atoms with van der Waals surface area (Å²) in [6.07, 6.45) is 0. The van der Waals surface area contributed by atoms with Gasteiger partial charge in [-0.25, -0.2) is 0 Å². The molecule has 14 aromatic rings. The zero-order valence-electron chi connectivity index (χ0n) is 38.6. The van der Waals surface area contributed by atoms with Gasteiger partial charge in [-0.15, -0.1) is 0 Å². The zero-order chi connectivity index (χ0) is 46.4. The SMILES string of the molecule is c1ccc(-c2c3ccccc3c(-c3ccc(-c4ccc5ccccc5c4)cc3)c3ccccc23)cc1.c1ccc2cc(-c3c4ccccc4c(-c4cccc5ccccc45)c4ccccc34)ccc2c1. The van der Waals surface area contributed by atoms with Crippen LogP contribution in [0.5, 0.6) is 0 Å². The van der Waals surface area contributed by atoms with Gasteiger partial charge >= 0.3 is 0 Å². The van der Waals surface area contributed by atoms with Crippen LogP contribution in [0, 0.1) is 0 Å². The van der Waals surface area contributed by atoms with E-state index in [2.05, 4.69) is 279 Å². The summed E-state index contributed by atoms with van der Waals surface area (Å²) in [6, 6.07) is 101. The highest BCUT2D eigenvalue weighted by Gasteiger charge is 2.19. The van der Waals surface area contributed by atoms with Gasteiger partial charge in [0.05, 0.1) is 0 Å². The molecule has 0 saturated carbocycles. The first-order valence-corrected chi connectivity index (χ1v) is 24.2. The van der Waals surface area contributed by atoms with Crippen molar-refractivity contribution in [2.75, 3.05) is 0 Å². The minimum Gasteiger partial charge on any atom is -0.0622 e. The fourth-order valence-corrected chi connectivity index (χ4v) is 11.1. The number of rotatable bonds is 5. The Morgan fingerprint density at radius 3 is 0.957 bits per heavy atom. The van der Waals surface area contributed by atoms with Gasteiger partial charge in [-0.2, -0.15) is 0 Å². The lowest BCUT2D eigenvalue weighted by molar-refractivity contribution is 1.62. The molecule has 0 aromatic heterocycles. The fraction of sp³-hybridized carbons (Fsp3) is 0. The molecule has 0 aliphatic rings. The van der Waals surface area contributed by atoms with Crippen molar-refractivity contribution in [3.63, 3.8) is 0 Å². The molecule has 0 heterocycles. The molecule has 0 heteroatoms. The normalized spacial score (nSPS) is 11.4. The Morgan fingerprint density at radius 2 is 0.457 bits per heavy atom. The third kappa shape index (κ3) is 7.17. The van der Waals surface area contributed by atoms with Crippen LogP contribution in [0.1, 0.15) is 0 Å². The monoisotopic (exact) mass is 886 g/mol. The highest BCUT2D eigenvalue weighted by Crippen LogP contribution is 2.47. The summed E-state index contributed by atoms with van der Waals surface area (Å²) in [7, 11) is 0. The standard InChI is InChI=1S/C36H24.C34H22/c1-2-11-27(12-3-1)35-31-14-6-8-16-33(31)36(34-17-9-7-15-32(34)35)28-21-18-26(19-22-28)30-23-20-25-10-4-5-13-29(25)24-30;1-2-12-25-22-26(21-20-23(25)10-1)33-29-15-5-7-17-31(29)34(32-18-8-6-16-30(32)33)28-19-9-13-24-11-3-4-14-27(24)28/h1-24H;1-22H. The molecule has 0 fully saturated rings. The van der Waals surface area contributed by atoms with E-state index in [1.807, 2.05) is 0 Å². The van der Waals surface area contributed by atoms with Crippen LogP contribution < -0.4 is 0 Å². The number of hydrogen-bond acceptors (Lipinski definition) is 0. The molecule has 0 atom stereocenters. The lowest BCUT2D eigenvalue weighted by atomic mass is 9.84. The van der Waals surface area contributed by atoms with Crippen LogP contribution in [0.2, 0.25) is 0 Å². The molecule has 14 rings (SSSR count). The van der Waals surface area contributed by atoms with E-state index in [1.165, 1.54) is 131 Å². The lowest BCUT2D eigenvalue weighted by Crippen LogP contribution is -1.91. The maximum Gasteiger partial charge on any atom is -0.00201 e. The molecule has 0 N–H and O–H groups in total. The van der Waals surface area contributed by atoms with Crippen LogP contribution in [0.15, 0.2) is 279 Å². The minimum atomic E-state index is 1.24. The third-order valence-corrected chi connectivity index (χ3v) is 14.3. The molecule has 14 aromatic carbocycles. The van der Waals surface area contributed by atoms with Crippen molar-refractivity contribution in [2.24, 2.45) is 0 Å². The van der Waals surface area contributed by atoms with Gasteiger partial charge in [0.1, 0.15) is 0 Å². The van der Waals surface area contributed by atoms with E-state index in [-0.39, 0.29) is 0 Å². The second-order valence-electron chi connectivity index (χ2n) is 18.3. The Bertz CT molecular complexity index is 4160. The van der Waals surface area contributed by atoms with Crippen LogP contribution in [-0.4, -0.2) is 0 Å². The first-order valence-electron chi connectivity index (χ1n) is 24.2. The molecule has 0 radical (unpaired) electrons. The first-order chi connectivity index (χ1) is 34.7. The Morgan fingerprint density at radius 1 is 0.143 bits per heavy atom. The van der Waals surface area contributed by atoms with Crippen molar-refractivity contribution in [3.8, 4) is 55.6 Å². The molecule has 0 unspecified atom stereocenters. The number of fused-ring (bicyclic) bond motifs is 7. The van der Waals surface area contributed by atoms with Gasteiger partial charge in [0.2, 0.25) is 0 Å². The molecule has 0 saturated heterocycles. The van der Waals surface area contributed by atoms with Gasteiger partial charge in [-0.05, 0) is 143 Å². The zero-order valence-corrected chi connectivity index (χ0v) is 38.6. The predicted octanol–water partition coefficient (Wildman–Crippen LogP) is 19.8. The Hall–Kier alpha value is -9.10. The quantitative estimate of drug-likeness (QED) is 0.151. The molecular formula is C70H46. The van der Waals surface area contributed by atoms with Gasteiger partial charge in [-0.3, -0.25) is 0 Å². The van der Waals surface area contributed by atoms with Crippen LogP contribution >= 0.6 is 0 Å². The van der Waals surface area contributed by atoms with Crippen LogP contribution in [0.3, 0.4) is 0 Å². The maximum atomic E-state index is 2.33. The summed E-state index contributed by atoms with van der Waals surface area (Å²) in [5.41, 5.74) is 12.7. The van der Waals surface area contributed by atoms with Gasteiger partial charge in [0.15, 0.2) is 0 Å². The van der Waals surface area contributed by atoms with E-state index >= 15 is 0 Å². The fourth-order valence-electron chi connectivity index (χ4n) is 11.1.